The van der Waals surface area contributed by atoms with Gasteiger partial charge in [-0.2, -0.15) is 0 Å². The summed E-state index contributed by atoms with van der Waals surface area (Å²) < 4.78 is 19.8. The van der Waals surface area contributed by atoms with Gasteiger partial charge >= 0.3 is 0 Å². The van der Waals surface area contributed by atoms with Gasteiger partial charge in [0.15, 0.2) is 5.75 Å². The number of anilines is 1. The molecule has 0 saturated heterocycles. The van der Waals surface area contributed by atoms with Crippen molar-refractivity contribution in [3.8, 4) is 5.75 Å². The molecule has 2 aromatic carbocycles. The van der Waals surface area contributed by atoms with Crippen molar-refractivity contribution >= 4 is 17.3 Å². The van der Waals surface area contributed by atoms with Crippen molar-refractivity contribution in [1.29, 1.82) is 0 Å². The molecule has 0 fully saturated rings. The molecule has 19 heavy (non-hydrogen) atoms. The fraction of sp³-hybridized carbons (Fsp3) is 0.200. The second kappa shape index (κ2) is 4.74. The van der Waals surface area contributed by atoms with Gasteiger partial charge in [0.05, 0.1) is 16.8 Å². The topological polar surface area (TPSA) is 21.3 Å². The molecule has 0 spiro atoms. The van der Waals surface area contributed by atoms with E-state index in [0.29, 0.717) is 16.3 Å². The molecule has 2 aromatic rings. The maximum atomic E-state index is 13.9. The smallest absolute Gasteiger partial charge is 0.162 e. The van der Waals surface area contributed by atoms with Gasteiger partial charge in [-0.25, -0.2) is 4.39 Å². The Balaban J connectivity index is 2.02. The number of rotatable bonds is 1. The van der Waals surface area contributed by atoms with Crippen molar-refractivity contribution in [2.75, 3.05) is 5.32 Å². The number of halogens is 2. The lowest BCUT2D eigenvalue weighted by atomic mass is 10.0. The predicted octanol–water partition coefficient (Wildman–Crippen LogP) is 4.41. The number of fused-ring (bicyclic) bond motifs is 1. The summed E-state index contributed by atoms with van der Waals surface area (Å²) in [6.45, 7) is 1.96. The first-order valence-electron chi connectivity index (χ1n) is 6.13. The maximum Gasteiger partial charge on any atom is 0.162 e. The molecule has 2 unspecified atom stereocenters. The largest absolute Gasteiger partial charge is 0.480 e. The van der Waals surface area contributed by atoms with Gasteiger partial charge in [0.2, 0.25) is 0 Å². The summed E-state index contributed by atoms with van der Waals surface area (Å²) in [5.74, 6) is 0.312. The van der Waals surface area contributed by atoms with Crippen LogP contribution in [0.1, 0.15) is 18.6 Å². The van der Waals surface area contributed by atoms with Crippen molar-refractivity contribution in [3.63, 3.8) is 0 Å². The van der Waals surface area contributed by atoms with Crippen molar-refractivity contribution in [2.24, 2.45) is 0 Å². The average molecular weight is 278 g/mol. The summed E-state index contributed by atoms with van der Waals surface area (Å²) in [6.07, 6.45) is -0.395. The number of nitrogens with one attached hydrogen (secondary N) is 1. The second-order valence-electron chi connectivity index (χ2n) is 4.61. The second-order valence-corrected chi connectivity index (χ2v) is 5.02. The third-order valence-electron chi connectivity index (χ3n) is 3.26. The summed E-state index contributed by atoms with van der Waals surface area (Å²) in [7, 11) is 0. The monoisotopic (exact) mass is 277 g/mol. The third kappa shape index (κ3) is 2.15. The maximum absolute atomic E-state index is 13.9. The molecule has 0 saturated carbocycles. The Bertz CT molecular complexity index is 617. The molecule has 0 aliphatic carbocycles. The lowest BCUT2D eigenvalue weighted by Crippen LogP contribution is -2.33. The molecule has 3 rings (SSSR count). The Morgan fingerprint density at radius 1 is 1.16 bits per heavy atom. The van der Waals surface area contributed by atoms with Crippen LogP contribution in [0.15, 0.2) is 42.5 Å². The van der Waals surface area contributed by atoms with Crippen LogP contribution < -0.4 is 10.1 Å². The first kappa shape index (κ1) is 12.3. The van der Waals surface area contributed by atoms with E-state index in [1.54, 1.807) is 24.3 Å². The minimum atomic E-state index is -0.395. The fourth-order valence-electron chi connectivity index (χ4n) is 2.33. The van der Waals surface area contributed by atoms with Gasteiger partial charge in [0.25, 0.3) is 0 Å². The van der Waals surface area contributed by atoms with Crippen LogP contribution in [-0.4, -0.2) is 6.04 Å². The highest BCUT2D eigenvalue weighted by Gasteiger charge is 2.30. The molecule has 2 nitrogen and oxygen atoms in total. The number of ether oxygens (including phenoxy) is 1. The molecule has 1 aliphatic heterocycles. The zero-order chi connectivity index (χ0) is 13.4. The summed E-state index contributed by atoms with van der Waals surface area (Å²) in [5, 5.41) is 3.83. The molecule has 4 heteroatoms. The fourth-order valence-corrected chi connectivity index (χ4v) is 2.55. The van der Waals surface area contributed by atoms with Crippen molar-refractivity contribution in [3.05, 3.63) is 58.9 Å². The van der Waals surface area contributed by atoms with Gasteiger partial charge in [-0.1, -0.05) is 35.9 Å². The Hall–Kier alpha value is -1.74. The van der Waals surface area contributed by atoms with E-state index < -0.39 is 6.10 Å². The minimum Gasteiger partial charge on any atom is -0.480 e. The third-order valence-corrected chi connectivity index (χ3v) is 3.56. The van der Waals surface area contributed by atoms with Gasteiger partial charge in [-0.05, 0) is 25.1 Å². The Morgan fingerprint density at radius 2 is 1.95 bits per heavy atom. The quantitative estimate of drug-likeness (QED) is 0.833. The number of hydrogen-bond acceptors (Lipinski definition) is 2. The van der Waals surface area contributed by atoms with Gasteiger partial charge in [-0.15, -0.1) is 0 Å². The molecule has 0 amide bonds. The molecule has 98 valence electrons. The molecular weight excluding hydrogens is 265 g/mol. The zero-order valence-corrected chi connectivity index (χ0v) is 11.1. The summed E-state index contributed by atoms with van der Waals surface area (Å²) in [6, 6.07) is 12.1. The number of benzene rings is 2. The van der Waals surface area contributed by atoms with Gasteiger partial charge in [0, 0.05) is 5.56 Å². The molecular formula is C15H13ClFNO. The molecule has 2 atom stereocenters. The van der Waals surface area contributed by atoms with Crippen LogP contribution in [0.2, 0.25) is 5.02 Å². The first-order chi connectivity index (χ1) is 9.16. The lowest BCUT2D eigenvalue weighted by Gasteiger charge is -2.33. The normalized spacial score (nSPS) is 21.2. The van der Waals surface area contributed by atoms with Crippen LogP contribution in [0.3, 0.4) is 0 Å². The molecule has 0 radical (unpaired) electrons. The lowest BCUT2D eigenvalue weighted by molar-refractivity contribution is 0.173. The van der Waals surface area contributed by atoms with Crippen molar-refractivity contribution in [2.45, 2.75) is 19.1 Å². The van der Waals surface area contributed by atoms with Crippen LogP contribution in [-0.2, 0) is 0 Å². The number of para-hydroxylation sites is 1. The summed E-state index contributed by atoms with van der Waals surface area (Å²) >= 11 is 6.12. The van der Waals surface area contributed by atoms with Crippen LogP contribution in [0.5, 0.6) is 5.75 Å². The highest BCUT2D eigenvalue weighted by atomic mass is 35.5. The van der Waals surface area contributed by atoms with E-state index in [1.807, 2.05) is 19.1 Å². The summed E-state index contributed by atoms with van der Waals surface area (Å²) in [4.78, 5) is 0. The highest BCUT2D eigenvalue weighted by Crippen LogP contribution is 2.42. The Kier molecular flexibility index (Phi) is 3.07. The Labute approximate surface area is 116 Å². The zero-order valence-electron chi connectivity index (χ0n) is 10.4. The highest BCUT2D eigenvalue weighted by molar-refractivity contribution is 6.32. The van der Waals surface area contributed by atoms with Gasteiger partial charge in [-0.3, -0.25) is 0 Å². The van der Waals surface area contributed by atoms with Gasteiger partial charge < -0.3 is 10.1 Å². The van der Waals surface area contributed by atoms with E-state index in [9.17, 15) is 4.39 Å². The van der Waals surface area contributed by atoms with E-state index in [4.69, 9.17) is 16.3 Å². The Morgan fingerprint density at radius 3 is 2.74 bits per heavy atom. The molecule has 0 aromatic heterocycles. The van der Waals surface area contributed by atoms with E-state index >= 15 is 0 Å². The minimum absolute atomic E-state index is 0.0390. The van der Waals surface area contributed by atoms with Crippen LogP contribution in [0.25, 0.3) is 0 Å². The predicted molar refractivity (Wildman–Crippen MR) is 74.3 cm³/mol. The SMILES string of the molecule is CC1Nc2cccc(Cl)c2OC1c1ccccc1F. The molecule has 1 heterocycles. The van der Waals surface area contributed by atoms with Gasteiger partial charge in [0.1, 0.15) is 11.9 Å². The first-order valence-corrected chi connectivity index (χ1v) is 6.51. The molecule has 1 N–H and O–H groups in total. The van der Waals surface area contributed by atoms with Crippen LogP contribution in [0.4, 0.5) is 10.1 Å². The average Bonchev–Trinajstić information content (AvgIpc) is 2.39. The van der Waals surface area contributed by atoms with Crippen molar-refractivity contribution in [1.82, 2.24) is 0 Å². The van der Waals surface area contributed by atoms with Crippen molar-refractivity contribution < 1.29 is 9.13 Å². The summed E-state index contributed by atoms with van der Waals surface area (Å²) in [5.41, 5.74) is 1.38. The van der Waals surface area contributed by atoms with Crippen LogP contribution >= 0.6 is 11.6 Å². The standard InChI is InChI=1S/C15H13ClFNO/c1-9-14(10-5-2-3-7-12(10)17)19-15-11(16)6-4-8-13(15)18-9/h2-9,14,18H,1H3. The van der Waals surface area contributed by atoms with E-state index in [2.05, 4.69) is 5.32 Å². The molecule has 0 bridgehead atoms. The molecule has 1 aliphatic rings. The number of hydrogen-bond donors (Lipinski definition) is 1. The van der Waals surface area contributed by atoms with E-state index in [0.717, 1.165) is 5.69 Å². The van der Waals surface area contributed by atoms with E-state index in [-0.39, 0.29) is 11.9 Å². The van der Waals surface area contributed by atoms with Crippen LogP contribution in [0, 0.1) is 5.82 Å². The van der Waals surface area contributed by atoms with E-state index in [1.165, 1.54) is 6.07 Å².